The number of nitrogens with one attached hydrogen (secondary N) is 6. The summed E-state index contributed by atoms with van der Waals surface area (Å²) in [6.45, 7) is 0. The van der Waals surface area contributed by atoms with Crippen molar-refractivity contribution in [2.24, 2.45) is 0 Å². The molecule has 0 fully saturated rings. The summed E-state index contributed by atoms with van der Waals surface area (Å²) in [5, 5.41) is 15.9. The van der Waals surface area contributed by atoms with Crippen LogP contribution in [0.5, 0.6) is 0 Å². The molecule has 0 aliphatic heterocycles. The van der Waals surface area contributed by atoms with E-state index in [1.807, 2.05) is 0 Å². The molecule has 0 bridgehead atoms. The van der Waals surface area contributed by atoms with Crippen molar-refractivity contribution in [2.45, 2.75) is 0 Å². The molecule has 19 heteroatoms. The Balaban J connectivity index is 0.000000722. The maximum Gasteiger partial charge on any atom is 0.323 e. The summed E-state index contributed by atoms with van der Waals surface area (Å²) in [6, 6.07) is 20.1. The van der Waals surface area contributed by atoms with Gasteiger partial charge in [0.15, 0.2) is 0 Å². The molecule has 6 aromatic heterocycles. The third-order valence-electron chi connectivity index (χ3n) is 5.52. The van der Waals surface area contributed by atoms with Crippen molar-refractivity contribution in [2.75, 3.05) is 31.9 Å². The van der Waals surface area contributed by atoms with Crippen LogP contribution in [0.2, 0.25) is 0 Å². The van der Waals surface area contributed by atoms with Crippen molar-refractivity contribution in [1.82, 2.24) is 29.9 Å². The number of carbonyl (C=O) groups is 3. The van der Waals surface area contributed by atoms with E-state index in [0.29, 0.717) is 34.1 Å². The molecule has 0 radical (unpaired) electrons. The summed E-state index contributed by atoms with van der Waals surface area (Å²) in [5.74, 6) is 0. The van der Waals surface area contributed by atoms with Crippen molar-refractivity contribution >= 4 is 52.2 Å². The van der Waals surface area contributed by atoms with Crippen LogP contribution in [0.15, 0.2) is 147 Å². The summed E-state index contributed by atoms with van der Waals surface area (Å²) in [7, 11) is 0. The minimum absolute atomic E-state index is 0. The van der Waals surface area contributed by atoms with Crippen LogP contribution in [-0.2, 0) is 0 Å². The lowest BCUT2D eigenvalue weighted by atomic mass is 10.4. The summed E-state index contributed by atoms with van der Waals surface area (Å²) < 4.78 is 0. The Bertz CT molecular complexity index is 1470. The van der Waals surface area contributed by atoms with Gasteiger partial charge in [-0.2, -0.15) is 0 Å². The van der Waals surface area contributed by atoms with Crippen LogP contribution in [0.25, 0.3) is 0 Å². The highest BCUT2D eigenvalue weighted by Crippen LogP contribution is 2.08. The molecule has 6 aromatic rings. The Labute approximate surface area is 297 Å². The first-order valence-electron chi connectivity index (χ1n) is 14.2. The molecular formula is C33H38N12O7. The molecule has 272 valence electrons. The Kier molecular flexibility index (Phi) is 21.9. The first kappa shape index (κ1) is 44.5. The number of nitrogens with zero attached hydrogens (tertiary/aromatic N) is 6. The number of aromatic nitrogens is 6. The van der Waals surface area contributed by atoms with Crippen LogP contribution in [-0.4, -0.2) is 69.9 Å². The van der Waals surface area contributed by atoms with E-state index in [2.05, 4.69) is 61.8 Å². The van der Waals surface area contributed by atoms with Gasteiger partial charge < -0.3 is 53.8 Å². The van der Waals surface area contributed by atoms with Crippen LogP contribution in [0.4, 0.5) is 48.5 Å². The lowest BCUT2D eigenvalue weighted by Crippen LogP contribution is -2.19. The fourth-order valence-corrected chi connectivity index (χ4v) is 3.50. The number of pyridine rings is 6. The van der Waals surface area contributed by atoms with E-state index in [9.17, 15) is 14.4 Å². The van der Waals surface area contributed by atoms with E-state index in [-0.39, 0.29) is 40.0 Å². The second-order valence-electron chi connectivity index (χ2n) is 9.19. The van der Waals surface area contributed by atoms with E-state index >= 15 is 0 Å². The van der Waals surface area contributed by atoms with Gasteiger partial charge in [0, 0.05) is 37.2 Å². The summed E-state index contributed by atoms with van der Waals surface area (Å²) in [4.78, 5) is 57.9. The van der Waals surface area contributed by atoms with Gasteiger partial charge in [-0.1, -0.05) is 0 Å². The predicted octanol–water partition coefficient (Wildman–Crippen LogP) is 3.06. The Morgan fingerprint density at radius 2 is 0.462 bits per heavy atom. The van der Waals surface area contributed by atoms with Gasteiger partial charge in [-0.15, -0.1) is 0 Å². The average Bonchev–Trinajstić information content (AvgIpc) is 3.11. The molecule has 0 aliphatic rings. The number of hydrogen-bond acceptors (Lipinski definition) is 9. The van der Waals surface area contributed by atoms with Crippen LogP contribution in [0, 0.1) is 0 Å². The molecule has 6 rings (SSSR count). The van der Waals surface area contributed by atoms with E-state index in [0.717, 1.165) is 0 Å². The summed E-state index contributed by atoms with van der Waals surface area (Å²) in [5.41, 5.74) is 3.85. The normalized spacial score (nSPS) is 8.77. The first-order chi connectivity index (χ1) is 23.5. The Morgan fingerprint density at radius 1 is 0.308 bits per heavy atom. The average molecular weight is 715 g/mol. The van der Waals surface area contributed by atoms with E-state index in [1.54, 1.807) is 147 Å². The monoisotopic (exact) mass is 714 g/mol. The molecule has 6 amide bonds. The molecule has 19 nitrogen and oxygen atoms in total. The van der Waals surface area contributed by atoms with Crippen LogP contribution in [0.1, 0.15) is 0 Å². The minimum Gasteiger partial charge on any atom is -0.412 e. The fourth-order valence-electron chi connectivity index (χ4n) is 3.50. The molecule has 14 N–H and O–H groups in total. The summed E-state index contributed by atoms with van der Waals surface area (Å²) >= 11 is 0. The lowest BCUT2D eigenvalue weighted by Gasteiger charge is -2.06. The van der Waals surface area contributed by atoms with Crippen molar-refractivity contribution < 1.29 is 36.3 Å². The Morgan fingerprint density at radius 3 is 0.577 bits per heavy atom. The molecule has 0 aliphatic carbocycles. The van der Waals surface area contributed by atoms with Gasteiger partial charge in [0.1, 0.15) is 0 Å². The molecule has 0 atom stereocenters. The SMILES string of the molecule is O.O.O.O.O=C(Nc1cccnc1)Nc1cccnc1.O=C(Nc1cccnc1)Nc1cccnc1.O=C(Nc1cccnc1)Nc1cccnc1. The topological polar surface area (TPSA) is 327 Å². The number of carbonyl (C=O) groups excluding carboxylic acids is 3. The second kappa shape index (κ2) is 25.6. The van der Waals surface area contributed by atoms with Gasteiger partial charge in [-0.25, -0.2) is 14.4 Å². The number of anilines is 6. The third kappa shape index (κ3) is 17.6. The largest absolute Gasteiger partial charge is 0.412 e. The van der Waals surface area contributed by atoms with Crippen molar-refractivity contribution in [3.8, 4) is 0 Å². The molecule has 0 spiro atoms. The Hall–Kier alpha value is -7.45. The molecule has 0 saturated heterocycles. The van der Waals surface area contributed by atoms with Gasteiger partial charge >= 0.3 is 18.1 Å². The zero-order valence-corrected chi connectivity index (χ0v) is 27.3. The maximum atomic E-state index is 11.5. The van der Waals surface area contributed by atoms with Crippen molar-refractivity contribution in [1.29, 1.82) is 0 Å². The molecule has 6 heterocycles. The molecular weight excluding hydrogens is 676 g/mol. The number of rotatable bonds is 6. The van der Waals surface area contributed by atoms with Gasteiger partial charge in [-0.05, 0) is 72.8 Å². The zero-order chi connectivity index (χ0) is 33.7. The van der Waals surface area contributed by atoms with Crippen molar-refractivity contribution in [3.63, 3.8) is 0 Å². The molecule has 52 heavy (non-hydrogen) atoms. The highest BCUT2D eigenvalue weighted by atomic mass is 16.2. The maximum absolute atomic E-state index is 11.5. The summed E-state index contributed by atoms with van der Waals surface area (Å²) in [6.07, 6.45) is 19.3. The van der Waals surface area contributed by atoms with Crippen molar-refractivity contribution in [3.05, 3.63) is 147 Å². The van der Waals surface area contributed by atoms with E-state index < -0.39 is 0 Å². The number of amides is 6. The smallest absolute Gasteiger partial charge is 0.323 e. The zero-order valence-electron chi connectivity index (χ0n) is 27.3. The van der Waals surface area contributed by atoms with Gasteiger partial charge in [0.25, 0.3) is 0 Å². The standard InChI is InChI=1S/3C11H10N4O.4H2O/c3*16-11(14-9-3-1-5-12-7-9)15-10-4-2-6-13-8-10;;;;/h3*1-8H,(H2,14,15,16);4*1H2. The minimum atomic E-state index is -0.319. The third-order valence-corrected chi connectivity index (χ3v) is 5.52. The van der Waals surface area contributed by atoms with E-state index in [1.165, 1.54) is 0 Å². The van der Waals surface area contributed by atoms with E-state index in [4.69, 9.17) is 0 Å². The fraction of sp³-hybridized carbons (Fsp3) is 0. The van der Waals surface area contributed by atoms with Crippen LogP contribution >= 0.6 is 0 Å². The highest BCUT2D eigenvalue weighted by molar-refractivity contribution is 6.00. The van der Waals surface area contributed by atoms with Gasteiger partial charge in [0.05, 0.1) is 71.3 Å². The van der Waals surface area contributed by atoms with Crippen LogP contribution in [0.3, 0.4) is 0 Å². The predicted molar refractivity (Wildman–Crippen MR) is 198 cm³/mol. The lowest BCUT2D eigenvalue weighted by molar-refractivity contribution is 0.261. The quantitative estimate of drug-likeness (QED) is 0.147. The molecule has 0 aromatic carbocycles. The molecule has 0 saturated carbocycles. The van der Waals surface area contributed by atoms with Gasteiger partial charge in [0.2, 0.25) is 0 Å². The molecule has 0 unspecified atom stereocenters. The second-order valence-corrected chi connectivity index (χ2v) is 9.19. The number of hydrogen-bond donors (Lipinski definition) is 6. The highest BCUT2D eigenvalue weighted by Gasteiger charge is 2.03. The van der Waals surface area contributed by atoms with Gasteiger partial charge in [-0.3, -0.25) is 29.9 Å². The first-order valence-corrected chi connectivity index (χ1v) is 14.2. The number of urea groups is 3. The van der Waals surface area contributed by atoms with Crippen LogP contribution < -0.4 is 31.9 Å².